The van der Waals surface area contributed by atoms with Gasteiger partial charge in [0.1, 0.15) is 0 Å². The molecule has 2 heterocycles. The fourth-order valence-electron chi connectivity index (χ4n) is 2.68. The fourth-order valence-corrected chi connectivity index (χ4v) is 2.68. The normalized spacial score (nSPS) is 28.4. The lowest BCUT2D eigenvalue weighted by molar-refractivity contribution is 0.187. The Kier molecular flexibility index (Phi) is 4.00. The summed E-state index contributed by atoms with van der Waals surface area (Å²) in [6.45, 7) is 5.07. The molecule has 0 bridgehead atoms. The molecule has 2 rings (SSSR count). The van der Waals surface area contributed by atoms with Crippen LogP contribution in [0, 0.1) is 0 Å². The third-order valence-electron chi connectivity index (χ3n) is 3.91. The summed E-state index contributed by atoms with van der Waals surface area (Å²) in [7, 11) is 4.46. The number of nitrogens with zero attached hydrogens (tertiary/aromatic N) is 2. The van der Waals surface area contributed by atoms with E-state index in [1.807, 2.05) is 0 Å². The minimum Gasteiger partial charge on any atom is -0.311 e. The van der Waals surface area contributed by atoms with E-state index in [9.17, 15) is 0 Å². The first-order valence-electron chi connectivity index (χ1n) is 6.37. The first kappa shape index (κ1) is 11.4. The van der Waals surface area contributed by atoms with E-state index >= 15 is 0 Å². The van der Waals surface area contributed by atoms with Crippen molar-refractivity contribution in [3.63, 3.8) is 0 Å². The molecule has 0 aromatic rings. The number of nitrogens with one attached hydrogen (secondary N) is 1. The predicted octanol–water partition coefficient (Wildman–Crippen LogP) is 0.764. The summed E-state index contributed by atoms with van der Waals surface area (Å²) in [5.74, 6) is 0. The second-order valence-electron chi connectivity index (χ2n) is 5.32. The number of hydrogen-bond acceptors (Lipinski definition) is 3. The Morgan fingerprint density at radius 3 is 1.40 bits per heavy atom. The van der Waals surface area contributed by atoms with Crippen molar-refractivity contribution in [1.82, 2.24) is 15.1 Å². The quantitative estimate of drug-likeness (QED) is 0.728. The molecule has 0 spiro atoms. The number of piperidine rings is 2. The third-order valence-corrected chi connectivity index (χ3v) is 3.91. The molecule has 3 nitrogen and oxygen atoms in total. The van der Waals surface area contributed by atoms with Crippen molar-refractivity contribution in [3.05, 3.63) is 0 Å². The van der Waals surface area contributed by atoms with Gasteiger partial charge in [0.25, 0.3) is 0 Å². The Labute approximate surface area is 93.8 Å². The molecular formula is C12H25N3. The van der Waals surface area contributed by atoms with Gasteiger partial charge in [-0.05, 0) is 66.0 Å². The first-order chi connectivity index (χ1) is 7.24. The van der Waals surface area contributed by atoms with Gasteiger partial charge >= 0.3 is 0 Å². The van der Waals surface area contributed by atoms with E-state index < -0.39 is 0 Å². The Morgan fingerprint density at radius 2 is 1.07 bits per heavy atom. The second-order valence-corrected chi connectivity index (χ2v) is 5.32. The van der Waals surface area contributed by atoms with Gasteiger partial charge in [-0.1, -0.05) is 0 Å². The van der Waals surface area contributed by atoms with Crippen molar-refractivity contribution >= 4 is 0 Å². The van der Waals surface area contributed by atoms with Gasteiger partial charge in [-0.15, -0.1) is 0 Å². The molecule has 0 aromatic carbocycles. The van der Waals surface area contributed by atoms with E-state index in [1.165, 1.54) is 51.9 Å². The maximum Gasteiger partial charge on any atom is 0.00940 e. The molecule has 0 aromatic heterocycles. The molecule has 2 fully saturated rings. The van der Waals surface area contributed by atoms with E-state index in [4.69, 9.17) is 0 Å². The number of hydrogen-bond donors (Lipinski definition) is 1. The zero-order chi connectivity index (χ0) is 10.7. The second kappa shape index (κ2) is 5.28. The van der Waals surface area contributed by atoms with E-state index in [0.717, 1.165) is 12.1 Å². The summed E-state index contributed by atoms with van der Waals surface area (Å²) in [6.07, 6.45) is 5.34. The van der Waals surface area contributed by atoms with Crippen LogP contribution in [0.2, 0.25) is 0 Å². The molecule has 88 valence electrons. The van der Waals surface area contributed by atoms with Gasteiger partial charge in [0.15, 0.2) is 0 Å². The SMILES string of the molecule is CN1CCC(NC2CCN(C)CC2)CC1. The van der Waals surface area contributed by atoms with Gasteiger partial charge in [0, 0.05) is 12.1 Å². The summed E-state index contributed by atoms with van der Waals surface area (Å²) in [4.78, 5) is 4.87. The number of rotatable bonds is 2. The predicted molar refractivity (Wildman–Crippen MR) is 64.2 cm³/mol. The largest absolute Gasteiger partial charge is 0.311 e. The summed E-state index contributed by atoms with van der Waals surface area (Å²) < 4.78 is 0. The van der Waals surface area contributed by atoms with Crippen molar-refractivity contribution in [1.29, 1.82) is 0 Å². The van der Waals surface area contributed by atoms with Crippen molar-refractivity contribution in [2.75, 3.05) is 40.3 Å². The van der Waals surface area contributed by atoms with Crippen LogP contribution in [0.25, 0.3) is 0 Å². The molecule has 15 heavy (non-hydrogen) atoms. The summed E-state index contributed by atoms with van der Waals surface area (Å²) in [5, 5.41) is 3.85. The highest BCUT2D eigenvalue weighted by molar-refractivity contribution is 4.82. The van der Waals surface area contributed by atoms with E-state index in [0.29, 0.717) is 0 Å². The van der Waals surface area contributed by atoms with Crippen LogP contribution in [-0.4, -0.2) is 62.2 Å². The molecule has 0 amide bonds. The van der Waals surface area contributed by atoms with Crippen molar-refractivity contribution in [3.8, 4) is 0 Å². The molecule has 3 heteroatoms. The van der Waals surface area contributed by atoms with Crippen LogP contribution in [0.15, 0.2) is 0 Å². The zero-order valence-electron chi connectivity index (χ0n) is 10.2. The average Bonchev–Trinajstić information content (AvgIpc) is 2.25. The Hall–Kier alpha value is -0.120. The lowest BCUT2D eigenvalue weighted by atomic mass is 10.00. The maximum absolute atomic E-state index is 3.85. The van der Waals surface area contributed by atoms with E-state index in [2.05, 4.69) is 29.2 Å². The fraction of sp³-hybridized carbons (Fsp3) is 1.00. The standard InChI is InChI=1S/C12H25N3/c1-14-7-3-11(4-8-14)13-12-5-9-15(2)10-6-12/h11-13H,3-10H2,1-2H3. The first-order valence-corrected chi connectivity index (χ1v) is 6.37. The van der Waals surface area contributed by atoms with Gasteiger partial charge in [-0.3, -0.25) is 0 Å². The van der Waals surface area contributed by atoms with Crippen LogP contribution in [0.4, 0.5) is 0 Å². The van der Waals surface area contributed by atoms with E-state index in [1.54, 1.807) is 0 Å². The molecule has 1 N–H and O–H groups in total. The van der Waals surface area contributed by atoms with Crippen molar-refractivity contribution in [2.24, 2.45) is 0 Å². The molecule has 2 saturated heterocycles. The molecule has 2 aliphatic rings. The molecule has 2 aliphatic heterocycles. The lowest BCUT2D eigenvalue weighted by Gasteiger charge is -2.35. The Balaban J connectivity index is 1.68. The average molecular weight is 211 g/mol. The zero-order valence-corrected chi connectivity index (χ0v) is 10.2. The van der Waals surface area contributed by atoms with Crippen molar-refractivity contribution in [2.45, 2.75) is 37.8 Å². The van der Waals surface area contributed by atoms with Crippen LogP contribution >= 0.6 is 0 Å². The van der Waals surface area contributed by atoms with Gasteiger partial charge in [0.05, 0.1) is 0 Å². The van der Waals surface area contributed by atoms with Gasteiger partial charge in [-0.2, -0.15) is 0 Å². The lowest BCUT2D eigenvalue weighted by Crippen LogP contribution is -2.48. The number of likely N-dealkylation sites (tertiary alicyclic amines) is 2. The van der Waals surface area contributed by atoms with Gasteiger partial charge < -0.3 is 15.1 Å². The summed E-state index contributed by atoms with van der Waals surface area (Å²) in [5.41, 5.74) is 0. The minimum absolute atomic E-state index is 0.787. The van der Waals surface area contributed by atoms with Gasteiger partial charge in [-0.25, -0.2) is 0 Å². The highest BCUT2D eigenvalue weighted by Gasteiger charge is 2.22. The highest BCUT2D eigenvalue weighted by atomic mass is 15.1. The third kappa shape index (κ3) is 3.44. The molecule has 0 saturated carbocycles. The highest BCUT2D eigenvalue weighted by Crippen LogP contribution is 2.14. The molecule has 0 radical (unpaired) electrons. The smallest absolute Gasteiger partial charge is 0.00940 e. The van der Waals surface area contributed by atoms with E-state index in [-0.39, 0.29) is 0 Å². The van der Waals surface area contributed by atoms with Gasteiger partial charge in [0.2, 0.25) is 0 Å². The van der Waals surface area contributed by atoms with Crippen LogP contribution in [-0.2, 0) is 0 Å². The maximum atomic E-state index is 3.85. The summed E-state index contributed by atoms with van der Waals surface area (Å²) >= 11 is 0. The minimum atomic E-state index is 0.787. The topological polar surface area (TPSA) is 18.5 Å². The Morgan fingerprint density at radius 1 is 0.733 bits per heavy atom. The molecule has 0 atom stereocenters. The monoisotopic (exact) mass is 211 g/mol. The van der Waals surface area contributed by atoms with Crippen molar-refractivity contribution < 1.29 is 0 Å². The Bertz CT molecular complexity index is 159. The van der Waals surface area contributed by atoms with Crippen LogP contribution in [0.3, 0.4) is 0 Å². The molecular weight excluding hydrogens is 186 g/mol. The molecule has 0 unspecified atom stereocenters. The summed E-state index contributed by atoms with van der Waals surface area (Å²) in [6, 6.07) is 1.57. The van der Waals surface area contributed by atoms with Crippen LogP contribution in [0.1, 0.15) is 25.7 Å². The molecule has 0 aliphatic carbocycles. The van der Waals surface area contributed by atoms with Crippen LogP contribution in [0.5, 0.6) is 0 Å². The van der Waals surface area contributed by atoms with Crippen LogP contribution < -0.4 is 5.32 Å².